The van der Waals surface area contributed by atoms with Crippen LogP contribution in [0.1, 0.15) is 66.7 Å². The molecule has 0 N–H and O–H groups in total. The van der Waals surface area contributed by atoms with Crippen LogP contribution < -0.4 is 10.2 Å². The molecule has 3 rings (SSSR count). The van der Waals surface area contributed by atoms with E-state index < -0.39 is 7.12 Å². The lowest BCUT2D eigenvalue weighted by Crippen LogP contribution is -2.41. The van der Waals surface area contributed by atoms with Gasteiger partial charge < -0.3 is 18.8 Å². The Labute approximate surface area is 169 Å². The molecule has 1 aliphatic heterocycles. The van der Waals surface area contributed by atoms with E-state index in [-0.39, 0.29) is 29.2 Å². The molecule has 0 amide bonds. The predicted molar refractivity (Wildman–Crippen MR) is 110 cm³/mol. The largest absolute Gasteiger partial charge is 0.494 e. The molecule has 1 aromatic rings. The molecule has 1 saturated carbocycles. The van der Waals surface area contributed by atoms with Crippen LogP contribution in [0.5, 0.6) is 5.75 Å². The average Bonchev–Trinajstić information content (AvgIpc) is 3.20. The first-order valence-electron chi connectivity index (χ1n) is 10.5. The zero-order chi connectivity index (χ0) is 20.4. The minimum atomic E-state index is -0.408. The molecule has 1 saturated heterocycles. The fourth-order valence-corrected chi connectivity index (χ4v) is 3.49. The van der Waals surface area contributed by atoms with Crippen molar-refractivity contribution in [2.45, 2.75) is 84.0 Å². The van der Waals surface area contributed by atoms with Gasteiger partial charge in [-0.15, -0.1) is 0 Å². The molecule has 0 bridgehead atoms. The zero-order valence-corrected chi connectivity index (χ0v) is 17.8. The molecule has 1 atom stereocenters. The van der Waals surface area contributed by atoms with Crippen molar-refractivity contribution >= 4 is 18.6 Å². The Morgan fingerprint density at radius 1 is 1.18 bits per heavy atom. The van der Waals surface area contributed by atoms with E-state index in [9.17, 15) is 4.79 Å². The summed E-state index contributed by atoms with van der Waals surface area (Å²) in [4.78, 5) is 12.2. The summed E-state index contributed by atoms with van der Waals surface area (Å²) in [5.41, 5.74) is 0.192. The van der Waals surface area contributed by atoms with E-state index >= 15 is 0 Å². The van der Waals surface area contributed by atoms with Crippen LogP contribution in [0.15, 0.2) is 24.3 Å². The van der Waals surface area contributed by atoms with Crippen LogP contribution in [0.3, 0.4) is 0 Å². The highest BCUT2D eigenvalue weighted by Gasteiger charge is 2.51. The Morgan fingerprint density at radius 3 is 2.46 bits per heavy atom. The zero-order valence-electron chi connectivity index (χ0n) is 17.8. The van der Waals surface area contributed by atoms with Crippen LogP contribution in [0.25, 0.3) is 0 Å². The van der Waals surface area contributed by atoms with Crippen LogP contribution in [0.4, 0.5) is 0 Å². The van der Waals surface area contributed by atoms with Crippen LogP contribution in [-0.2, 0) is 18.8 Å². The minimum Gasteiger partial charge on any atom is -0.494 e. The Bertz CT molecular complexity index is 665. The molecule has 1 aromatic carbocycles. The topological polar surface area (TPSA) is 54.0 Å². The summed E-state index contributed by atoms with van der Waals surface area (Å²) in [5, 5.41) is 0. The fourth-order valence-electron chi connectivity index (χ4n) is 3.49. The molecule has 5 nitrogen and oxygen atoms in total. The van der Waals surface area contributed by atoms with Gasteiger partial charge in [0, 0.05) is 0 Å². The van der Waals surface area contributed by atoms with Gasteiger partial charge in [0.1, 0.15) is 11.9 Å². The Balaban J connectivity index is 1.49. The van der Waals surface area contributed by atoms with Gasteiger partial charge in [-0.05, 0) is 77.4 Å². The van der Waals surface area contributed by atoms with Crippen LogP contribution in [-0.4, -0.2) is 37.0 Å². The summed E-state index contributed by atoms with van der Waals surface area (Å²) in [6, 6.07) is 7.78. The van der Waals surface area contributed by atoms with Crippen molar-refractivity contribution in [3.8, 4) is 5.75 Å². The normalized spacial score (nSPS) is 22.2. The number of esters is 1. The van der Waals surface area contributed by atoms with E-state index in [1.54, 1.807) is 0 Å². The quantitative estimate of drug-likeness (QED) is 0.524. The first kappa shape index (κ1) is 21.2. The molecule has 1 heterocycles. The summed E-state index contributed by atoms with van der Waals surface area (Å²) in [6.07, 6.45) is 5.07. The fraction of sp³-hybridized carbons (Fsp3) is 0.682. The second-order valence-electron chi connectivity index (χ2n) is 9.04. The summed E-state index contributed by atoms with van der Waals surface area (Å²) < 4.78 is 23.7. The third-order valence-corrected chi connectivity index (χ3v) is 6.19. The Hall–Kier alpha value is -1.53. The lowest BCUT2D eigenvalue weighted by Gasteiger charge is -2.32. The molecule has 1 aliphatic carbocycles. The second-order valence-corrected chi connectivity index (χ2v) is 9.04. The number of carbonyl (C=O) groups is 1. The number of ether oxygens (including phenoxy) is 2. The van der Waals surface area contributed by atoms with Gasteiger partial charge in [-0.2, -0.15) is 0 Å². The summed E-state index contributed by atoms with van der Waals surface area (Å²) >= 11 is 0. The third-order valence-electron chi connectivity index (χ3n) is 6.19. The number of carbonyl (C=O) groups excluding carboxylic acids is 1. The lowest BCUT2D eigenvalue weighted by molar-refractivity contribution is -0.153. The number of rotatable bonds is 7. The molecule has 2 fully saturated rings. The molecule has 0 spiro atoms. The maximum atomic E-state index is 12.2. The maximum absolute atomic E-state index is 12.2. The van der Waals surface area contributed by atoms with Crippen molar-refractivity contribution in [2.24, 2.45) is 5.92 Å². The molecule has 2 aliphatic rings. The minimum absolute atomic E-state index is 0.110. The predicted octanol–water partition coefficient (Wildman–Crippen LogP) is 3.88. The number of benzene rings is 1. The summed E-state index contributed by atoms with van der Waals surface area (Å²) in [6.45, 7) is 10.5. The first-order chi connectivity index (χ1) is 13.2. The summed E-state index contributed by atoms with van der Waals surface area (Å²) in [5.74, 6) is 0.483. The molecular formula is C22H33BO5. The number of hydrogen-bond acceptors (Lipinski definition) is 5. The highest BCUT2D eigenvalue weighted by Crippen LogP contribution is 2.36. The van der Waals surface area contributed by atoms with Crippen molar-refractivity contribution in [3.05, 3.63) is 24.3 Å². The standard InChI is InChI=1S/C22H33BO5/c1-16(20(24)26-18-10-6-7-11-18)13-14-25-19-12-8-9-17(15-19)23-27-21(2,3)22(4,5)28-23/h8-9,12,15-16,18H,6-7,10-11,13-14H2,1-5H3/t16-/m0/s1. The SMILES string of the molecule is C[C@@H](CCOc1cccc(B2OC(C)(C)C(C)(C)O2)c1)C(=O)OC1CCCC1. The highest BCUT2D eigenvalue weighted by atomic mass is 16.7. The van der Waals surface area contributed by atoms with Crippen molar-refractivity contribution < 1.29 is 23.6 Å². The van der Waals surface area contributed by atoms with Gasteiger partial charge in [0.05, 0.1) is 23.7 Å². The van der Waals surface area contributed by atoms with Gasteiger partial charge in [0.15, 0.2) is 0 Å². The van der Waals surface area contributed by atoms with Crippen molar-refractivity contribution in [1.82, 2.24) is 0 Å². The lowest BCUT2D eigenvalue weighted by atomic mass is 9.79. The van der Waals surface area contributed by atoms with Gasteiger partial charge in [-0.25, -0.2) is 0 Å². The molecule has 28 heavy (non-hydrogen) atoms. The van der Waals surface area contributed by atoms with Crippen LogP contribution >= 0.6 is 0 Å². The van der Waals surface area contributed by atoms with Crippen LogP contribution in [0.2, 0.25) is 0 Å². The van der Waals surface area contributed by atoms with Gasteiger partial charge >= 0.3 is 13.1 Å². The molecular weight excluding hydrogens is 355 g/mol. The van der Waals surface area contributed by atoms with Gasteiger partial charge in [-0.3, -0.25) is 4.79 Å². The van der Waals surface area contributed by atoms with E-state index in [1.807, 2.05) is 58.9 Å². The molecule has 154 valence electrons. The van der Waals surface area contributed by atoms with Crippen molar-refractivity contribution in [2.75, 3.05) is 6.61 Å². The van der Waals surface area contributed by atoms with Gasteiger partial charge in [0.2, 0.25) is 0 Å². The average molecular weight is 388 g/mol. The van der Waals surface area contributed by atoms with E-state index in [4.69, 9.17) is 18.8 Å². The third kappa shape index (κ3) is 4.90. The first-order valence-corrected chi connectivity index (χ1v) is 10.5. The Morgan fingerprint density at radius 2 is 1.82 bits per heavy atom. The Kier molecular flexibility index (Phi) is 6.40. The number of hydrogen-bond donors (Lipinski definition) is 0. The second kappa shape index (κ2) is 8.46. The maximum Gasteiger partial charge on any atom is 0.494 e. The highest BCUT2D eigenvalue weighted by molar-refractivity contribution is 6.62. The van der Waals surface area contributed by atoms with E-state index in [1.165, 1.54) is 0 Å². The molecule has 0 aromatic heterocycles. The van der Waals surface area contributed by atoms with Crippen LogP contribution in [0, 0.1) is 5.92 Å². The van der Waals surface area contributed by atoms with Crippen molar-refractivity contribution in [3.63, 3.8) is 0 Å². The summed E-state index contributed by atoms with van der Waals surface area (Å²) in [7, 11) is -0.408. The van der Waals surface area contributed by atoms with E-state index in [0.29, 0.717) is 13.0 Å². The monoisotopic (exact) mass is 388 g/mol. The van der Waals surface area contributed by atoms with Gasteiger partial charge in [0.25, 0.3) is 0 Å². The smallest absolute Gasteiger partial charge is 0.494 e. The molecule has 0 radical (unpaired) electrons. The van der Waals surface area contributed by atoms with E-state index in [0.717, 1.165) is 36.9 Å². The van der Waals surface area contributed by atoms with E-state index in [2.05, 4.69) is 0 Å². The molecule has 6 heteroatoms. The van der Waals surface area contributed by atoms with Gasteiger partial charge in [-0.1, -0.05) is 19.1 Å². The van der Waals surface area contributed by atoms with Crippen molar-refractivity contribution in [1.29, 1.82) is 0 Å². The molecule has 0 unspecified atom stereocenters.